The van der Waals surface area contributed by atoms with Gasteiger partial charge in [0.25, 0.3) is 0 Å². The van der Waals surface area contributed by atoms with Crippen LogP contribution in [0.3, 0.4) is 0 Å². The molecule has 1 saturated heterocycles. The van der Waals surface area contributed by atoms with Gasteiger partial charge in [0.1, 0.15) is 0 Å². The van der Waals surface area contributed by atoms with Gasteiger partial charge in [0, 0.05) is 44.7 Å². The van der Waals surface area contributed by atoms with Gasteiger partial charge in [-0.1, -0.05) is 41.5 Å². The van der Waals surface area contributed by atoms with E-state index in [1.165, 1.54) is 6.42 Å². The maximum absolute atomic E-state index is 12.2. The minimum absolute atomic E-state index is 0.0667. The number of guanidine groups is 1. The second-order valence-corrected chi connectivity index (χ2v) is 8.03. The summed E-state index contributed by atoms with van der Waals surface area (Å²) < 4.78 is 0. The first-order valence-electron chi connectivity index (χ1n) is 10.3. The van der Waals surface area contributed by atoms with Gasteiger partial charge in [-0.3, -0.25) is 14.7 Å². The van der Waals surface area contributed by atoms with E-state index in [0.29, 0.717) is 12.0 Å². The van der Waals surface area contributed by atoms with Crippen molar-refractivity contribution in [2.24, 2.45) is 16.8 Å². The summed E-state index contributed by atoms with van der Waals surface area (Å²) in [5.74, 6) is 1.82. The molecule has 0 saturated carbocycles. The summed E-state index contributed by atoms with van der Waals surface area (Å²) in [6.45, 7) is 17.6. The molecule has 0 bridgehead atoms. The maximum Gasteiger partial charge on any atom is 0.225 e. The molecular weight excluding hydrogens is 326 g/mol. The van der Waals surface area contributed by atoms with Gasteiger partial charge in [0.15, 0.2) is 5.96 Å². The Bertz CT molecular complexity index is 445. The van der Waals surface area contributed by atoms with Crippen LogP contribution in [0.25, 0.3) is 0 Å². The summed E-state index contributed by atoms with van der Waals surface area (Å²) >= 11 is 0. The molecule has 6 nitrogen and oxygen atoms in total. The molecule has 1 aliphatic rings. The normalized spacial score (nSPS) is 19.5. The molecule has 0 aromatic rings. The lowest BCUT2D eigenvalue weighted by Gasteiger charge is -2.32. The molecule has 0 aromatic heterocycles. The molecule has 26 heavy (non-hydrogen) atoms. The molecule has 2 unspecified atom stereocenters. The molecule has 2 N–H and O–H groups in total. The Hall–Kier alpha value is -1.30. The number of aliphatic imine (C=N–C) groups is 1. The van der Waals surface area contributed by atoms with E-state index in [-0.39, 0.29) is 17.9 Å². The van der Waals surface area contributed by atoms with Gasteiger partial charge in [-0.2, -0.15) is 0 Å². The molecule has 2 atom stereocenters. The van der Waals surface area contributed by atoms with E-state index in [9.17, 15) is 4.79 Å². The number of carbonyl (C=O) groups excluding carboxylic acids is 1. The number of rotatable bonds is 9. The molecule has 1 rings (SSSR count). The van der Waals surface area contributed by atoms with E-state index in [1.807, 2.05) is 25.8 Å². The quantitative estimate of drug-likeness (QED) is 0.484. The number of hydrogen-bond donors (Lipinski definition) is 2. The van der Waals surface area contributed by atoms with Crippen molar-refractivity contribution >= 4 is 11.9 Å². The zero-order valence-electron chi connectivity index (χ0n) is 18.0. The van der Waals surface area contributed by atoms with Gasteiger partial charge in [0.2, 0.25) is 5.91 Å². The number of carbonyl (C=O) groups is 1. The van der Waals surface area contributed by atoms with Crippen molar-refractivity contribution in [1.29, 1.82) is 0 Å². The van der Waals surface area contributed by atoms with E-state index in [2.05, 4.69) is 48.2 Å². The lowest BCUT2D eigenvalue weighted by Crippen LogP contribution is -2.50. The first-order valence-corrected chi connectivity index (χ1v) is 10.3. The standard InChI is InChI=1S/C20H41N5O/c1-8-24(9-2)18(12-15(3)4)13-22-20(21-7)23-17-10-11-25(14-17)19(26)16(5)6/h15-18H,8-14H2,1-7H3,(H2,21,22,23). The van der Waals surface area contributed by atoms with E-state index in [4.69, 9.17) is 0 Å². The SMILES string of the molecule is CCN(CC)C(CNC(=NC)NC1CCN(C(=O)C(C)C)C1)CC(C)C. The average Bonchev–Trinajstić information content (AvgIpc) is 3.06. The Balaban J connectivity index is 2.55. The van der Waals surface area contributed by atoms with Gasteiger partial charge in [-0.05, 0) is 31.8 Å². The maximum atomic E-state index is 12.2. The molecule has 1 aliphatic heterocycles. The second-order valence-electron chi connectivity index (χ2n) is 8.03. The largest absolute Gasteiger partial charge is 0.355 e. The molecule has 0 radical (unpaired) electrons. The topological polar surface area (TPSA) is 60.0 Å². The van der Waals surface area contributed by atoms with Gasteiger partial charge in [-0.25, -0.2) is 0 Å². The molecule has 1 amide bonds. The molecule has 1 heterocycles. The smallest absolute Gasteiger partial charge is 0.225 e. The van der Waals surface area contributed by atoms with Crippen molar-refractivity contribution in [2.75, 3.05) is 39.8 Å². The monoisotopic (exact) mass is 367 g/mol. The van der Waals surface area contributed by atoms with Gasteiger partial charge < -0.3 is 15.5 Å². The van der Waals surface area contributed by atoms with Gasteiger partial charge in [-0.15, -0.1) is 0 Å². The highest BCUT2D eigenvalue weighted by Gasteiger charge is 2.28. The van der Waals surface area contributed by atoms with Crippen molar-refractivity contribution in [2.45, 2.75) is 66.5 Å². The Kier molecular flexibility index (Phi) is 9.99. The predicted octanol–water partition coefficient (Wildman–Crippen LogP) is 2.16. The molecule has 0 aromatic carbocycles. The fourth-order valence-electron chi connectivity index (χ4n) is 3.69. The Morgan fingerprint density at radius 2 is 1.88 bits per heavy atom. The summed E-state index contributed by atoms with van der Waals surface area (Å²) in [4.78, 5) is 21.0. The van der Waals surface area contributed by atoms with Crippen molar-refractivity contribution in [3.8, 4) is 0 Å². The number of nitrogens with one attached hydrogen (secondary N) is 2. The third-order valence-electron chi connectivity index (χ3n) is 5.14. The van der Waals surface area contributed by atoms with Crippen LogP contribution in [-0.2, 0) is 4.79 Å². The highest BCUT2D eigenvalue weighted by atomic mass is 16.2. The van der Waals surface area contributed by atoms with E-state index in [1.54, 1.807) is 0 Å². The fourth-order valence-corrected chi connectivity index (χ4v) is 3.69. The minimum Gasteiger partial charge on any atom is -0.355 e. The summed E-state index contributed by atoms with van der Waals surface area (Å²) in [5, 5.41) is 7.01. The lowest BCUT2D eigenvalue weighted by atomic mass is 10.0. The minimum atomic E-state index is 0.0667. The van der Waals surface area contributed by atoms with Crippen LogP contribution in [0, 0.1) is 11.8 Å². The Morgan fingerprint density at radius 3 is 2.38 bits per heavy atom. The van der Waals surface area contributed by atoms with Crippen LogP contribution in [0.15, 0.2) is 4.99 Å². The number of likely N-dealkylation sites (tertiary alicyclic amines) is 1. The van der Waals surface area contributed by atoms with Crippen LogP contribution >= 0.6 is 0 Å². The molecule has 1 fully saturated rings. The summed E-state index contributed by atoms with van der Waals surface area (Å²) in [6.07, 6.45) is 2.15. The van der Waals surface area contributed by atoms with Crippen molar-refractivity contribution in [3.05, 3.63) is 0 Å². The van der Waals surface area contributed by atoms with Crippen LogP contribution in [0.2, 0.25) is 0 Å². The third kappa shape index (κ3) is 7.14. The van der Waals surface area contributed by atoms with Gasteiger partial charge >= 0.3 is 0 Å². The summed E-state index contributed by atoms with van der Waals surface area (Å²) in [6, 6.07) is 0.784. The van der Waals surface area contributed by atoms with E-state index < -0.39 is 0 Å². The van der Waals surface area contributed by atoms with Crippen molar-refractivity contribution < 1.29 is 4.79 Å². The van der Waals surface area contributed by atoms with E-state index in [0.717, 1.165) is 45.1 Å². The predicted molar refractivity (Wildman–Crippen MR) is 110 cm³/mol. The van der Waals surface area contributed by atoms with Crippen LogP contribution in [0.4, 0.5) is 0 Å². The number of nitrogens with zero attached hydrogens (tertiary/aromatic N) is 3. The highest BCUT2D eigenvalue weighted by Crippen LogP contribution is 2.13. The van der Waals surface area contributed by atoms with Crippen LogP contribution in [0.1, 0.15) is 54.4 Å². The average molecular weight is 368 g/mol. The first-order chi connectivity index (χ1) is 12.3. The van der Waals surface area contributed by atoms with E-state index >= 15 is 0 Å². The third-order valence-corrected chi connectivity index (χ3v) is 5.14. The van der Waals surface area contributed by atoms with Crippen molar-refractivity contribution in [1.82, 2.24) is 20.4 Å². The molecule has 0 aliphatic carbocycles. The zero-order valence-corrected chi connectivity index (χ0v) is 18.0. The molecular formula is C20H41N5O. The first kappa shape index (κ1) is 22.7. The number of amides is 1. The van der Waals surface area contributed by atoms with Crippen LogP contribution < -0.4 is 10.6 Å². The fraction of sp³-hybridized carbons (Fsp3) is 0.900. The van der Waals surface area contributed by atoms with Crippen LogP contribution in [0.5, 0.6) is 0 Å². The summed E-state index contributed by atoms with van der Waals surface area (Å²) in [5.41, 5.74) is 0. The van der Waals surface area contributed by atoms with Crippen molar-refractivity contribution in [3.63, 3.8) is 0 Å². The lowest BCUT2D eigenvalue weighted by molar-refractivity contribution is -0.133. The molecule has 152 valence electrons. The molecule has 0 spiro atoms. The molecule has 6 heteroatoms. The van der Waals surface area contributed by atoms with Gasteiger partial charge in [0.05, 0.1) is 0 Å². The Morgan fingerprint density at radius 1 is 1.23 bits per heavy atom. The number of hydrogen-bond acceptors (Lipinski definition) is 3. The zero-order chi connectivity index (χ0) is 19.7. The Labute approximate surface area is 160 Å². The second kappa shape index (κ2) is 11.4. The number of likely N-dealkylation sites (N-methyl/N-ethyl adjacent to an activating group) is 1. The highest BCUT2D eigenvalue weighted by molar-refractivity contribution is 5.81. The van der Waals surface area contributed by atoms with Crippen LogP contribution in [-0.4, -0.2) is 73.5 Å². The summed E-state index contributed by atoms with van der Waals surface area (Å²) in [7, 11) is 1.82.